The highest BCUT2D eigenvalue weighted by Crippen LogP contribution is 2.36. The lowest BCUT2D eigenvalue weighted by Crippen LogP contribution is -2.48. The van der Waals surface area contributed by atoms with Crippen LogP contribution in [0.2, 0.25) is 0 Å². The predicted octanol–water partition coefficient (Wildman–Crippen LogP) is 2.70. The fourth-order valence-corrected chi connectivity index (χ4v) is 6.21. The van der Waals surface area contributed by atoms with Gasteiger partial charge in [0.2, 0.25) is 10.0 Å². The molecule has 0 aromatic heterocycles. The van der Waals surface area contributed by atoms with Crippen molar-refractivity contribution < 1.29 is 22.8 Å². The van der Waals surface area contributed by atoms with Crippen molar-refractivity contribution in [3.05, 3.63) is 35.4 Å². The number of ether oxygens (including phenoxy) is 1. The molecule has 0 amide bonds. The second-order valence-corrected chi connectivity index (χ2v) is 10.3. The van der Waals surface area contributed by atoms with Crippen molar-refractivity contribution in [1.29, 1.82) is 0 Å². The normalized spacial score (nSPS) is 26.7. The fourth-order valence-electron chi connectivity index (χ4n) is 4.17. The zero-order chi connectivity index (χ0) is 21.2. The third-order valence-corrected chi connectivity index (χ3v) is 8.09. The van der Waals surface area contributed by atoms with Gasteiger partial charge in [0.15, 0.2) is 0 Å². The van der Waals surface area contributed by atoms with Crippen LogP contribution in [0.5, 0.6) is 0 Å². The van der Waals surface area contributed by atoms with E-state index in [1.807, 2.05) is 24.3 Å². The van der Waals surface area contributed by atoms with E-state index < -0.39 is 21.2 Å². The van der Waals surface area contributed by atoms with Crippen LogP contribution in [-0.4, -0.2) is 62.4 Å². The van der Waals surface area contributed by atoms with E-state index in [-0.39, 0.29) is 25.2 Å². The molecule has 2 heterocycles. The fraction of sp³-hybridized carbons (Fsp3) is 0.667. The third-order valence-electron chi connectivity index (χ3n) is 5.88. The van der Waals surface area contributed by atoms with Crippen molar-refractivity contribution in [2.45, 2.75) is 50.8 Å². The smallest absolute Gasteiger partial charge is 0.310 e. The molecule has 162 valence electrons. The van der Waals surface area contributed by atoms with E-state index in [9.17, 15) is 13.2 Å². The molecule has 0 spiro atoms. The quantitative estimate of drug-likeness (QED) is 0.654. The molecule has 29 heavy (non-hydrogen) atoms. The molecule has 0 N–H and O–H groups in total. The van der Waals surface area contributed by atoms with E-state index in [1.54, 1.807) is 19.0 Å². The molecule has 8 heteroatoms. The molecule has 0 bridgehead atoms. The van der Waals surface area contributed by atoms with Gasteiger partial charge in [-0.15, -0.1) is 0 Å². The minimum atomic E-state index is -3.64. The van der Waals surface area contributed by atoms with Crippen molar-refractivity contribution >= 4 is 16.0 Å². The van der Waals surface area contributed by atoms with Gasteiger partial charge in [-0.05, 0) is 36.8 Å². The van der Waals surface area contributed by atoms with Gasteiger partial charge in [0, 0.05) is 20.1 Å². The summed E-state index contributed by atoms with van der Waals surface area (Å²) < 4.78 is 33.5. The highest BCUT2D eigenvalue weighted by atomic mass is 32.2. The van der Waals surface area contributed by atoms with Gasteiger partial charge in [-0.3, -0.25) is 9.63 Å². The molecule has 0 aliphatic carbocycles. The second-order valence-electron chi connectivity index (χ2n) is 8.14. The summed E-state index contributed by atoms with van der Waals surface area (Å²) in [4.78, 5) is 17.8. The van der Waals surface area contributed by atoms with E-state index in [0.29, 0.717) is 31.9 Å². The lowest BCUT2D eigenvalue weighted by molar-refractivity contribution is -0.149. The number of piperidine rings is 1. The number of hydrogen-bond donors (Lipinski definition) is 0. The molecule has 3 atom stereocenters. The SMILES string of the molecule is CCOC(=O)[C@@H]1CCCN(S(=O)(=O)[C@@H]2CON(C)[C@H]2c2ccc(C(C)C)cc2)C1. The van der Waals surface area contributed by atoms with Crippen molar-refractivity contribution in [3.8, 4) is 0 Å². The molecule has 7 nitrogen and oxygen atoms in total. The Morgan fingerprint density at radius 2 is 1.97 bits per heavy atom. The third kappa shape index (κ3) is 4.66. The summed E-state index contributed by atoms with van der Waals surface area (Å²) in [5.41, 5.74) is 2.13. The summed E-state index contributed by atoms with van der Waals surface area (Å²) in [6.45, 7) is 7.04. The van der Waals surface area contributed by atoms with Crippen LogP contribution in [0.4, 0.5) is 0 Å². The van der Waals surface area contributed by atoms with Gasteiger partial charge in [-0.25, -0.2) is 12.7 Å². The Morgan fingerprint density at radius 3 is 2.59 bits per heavy atom. The highest BCUT2D eigenvalue weighted by molar-refractivity contribution is 7.89. The van der Waals surface area contributed by atoms with Crippen LogP contribution in [0, 0.1) is 5.92 Å². The number of carbonyl (C=O) groups excluding carboxylic acids is 1. The monoisotopic (exact) mass is 424 g/mol. The molecule has 2 saturated heterocycles. The van der Waals surface area contributed by atoms with Crippen LogP contribution in [0.25, 0.3) is 0 Å². The Balaban J connectivity index is 1.82. The van der Waals surface area contributed by atoms with E-state index >= 15 is 0 Å². The summed E-state index contributed by atoms with van der Waals surface area (Å²) in [7, 11) is -1.87. The topological polar surface area (TPSA) is 76.1 Å². The average molecular weight is 425 g/mol. The predicted molar refractivity (Wildman–Crippen MR) is 111 cm³/mol. The standard InChI is InChI=1S/C21H32N2O5S/c1-5-27-21(24)18-7-6-12-23(13-18)29(25,26)19-14-28-22(4)20(19)17-10-8-16(9-11-17)15(2)3/h8-11,15,18-20H,5-7,12-14H2,1-4H3/t18-,19-,20+/m1/s1. The van der Waals surface area contributed by atoms with Gasteiger partial charge >= 0.3 is 5.97 Å². The maximum Gasteiger partial charge on any atom is 0.310 e. The van der Waals surface area contributed by atoms with Crippen LogP contribution in [-0.2, 0) is 24.4 Å². The summed E-state index contributed by atoms with van der Waals surface area (Å²) >= 11 is 0. The van der Waals surface area contributed by atoms with E-state index in [2.05, 4.69) is 13.8 Å². The average Bonchev–Trinajstić information content (AvgIpc) is 3.10. The van der Waals surface area contributed by atoms with Crippen molar-refractivity contribution in [1.82, 2.24) is 9.37 Å². The number of carbonyl (C=O) groups is 1. The lowest BCUT2D eigenvalue weighted by Gasteiger charge is -2.34. The summed E-state index contributed by atoms with van der Waals surface area (Å²) in [5.74, 6) is -0.301. The molecule has 1 aromatic rings. The maximum atomic E-state index is 13.5. The Labute approximate surface area is 174 Å². The van der Waals surface area contributed by atoms with Gasteiger partial charge < -0.3 is 4.74 Å². The number of sulfonamides is 1. The molecule has 0 radical (unpaired) electrons. The molecular formula is C21H32N2O5S. The molecule has 3 rings (SSSR count). The van der Waals surface area contributed by atoms with Crippen molar-refractivity contribution in [2.75, 3.05) is 33.4 Å². The lowest BCUT2D eigenvalue weighted by atomic mass is 9.98. The molecule has 1 aromatic carbocycles. The minimum absolute atomic E-state index is 0.107. The first-order valence-corrected chi connectivity index (χ1v) is 11.9. The molecule has 2 aliphatic heterocycles. The first kappa shape index (κ1) is 22.2. The molecule has 0 saturated carbocycles. The number of benzene rings is 1. The van der Waals surface area contributed by atoms with Gasteiger partial charge in [0.05, 0.1) is 25.2 Å². The summed E-state index contributed by atoms with van der Waals surface area (Å²) in [6.07, 6.45) is 1.31. The van der Waals surface area contributed by atoms with Crippen LogP contribution in [0.15, 0.2) is 24.3 Å². The molecule has 2 aliphatic rings. The van der Waals surface area contributed by atoms with Crippen molar-refractivity contribution in [3.63, 3.8) is 0 Å². The minimum Gasteiger partial charge on any atom is -0.466 e. The Kier molecular flexibility index (Phi) is 6.98. The number of esters is 1. The second kappa shape index (κ2) is 9.12. The van der Waals surface area contributed by atoms with Crippen LogP contribution >= 0.6 is 0 Å². The Bertz CT molecular complexity index is 809. The van der Waals surface area contributed by atoms with Gasteiger partial charge in [0.25, 0.3) is 0 Å². The molecule has 0 unspecified atom stereocenters. The number of hydrogen-bond acceptors (Lipinski definition) is 6. The summed E-state index contributed by atoms with van der Waals surface area (Å²) in [5, 5.41) is 0.928. The zero-order valence-corrected chi connectivity index (χ0v) is 18.5. The molecule has 2 fully saturated rings. The largest absolute Gasteiger partial charge is 0.466 e. The number of nitrogens with zero attached hydrogens (tertiary/aromatic N) is 2. The molecular weight excluding hydrogens is 392 g/mol. The van der Waals surface area contributed by atoms with E-state index in [0.717, 1.165) is 5.56 Å². The van der Waals surface area contributed by atoms with Crippen molar-refractivity contribution in [2.24, 2.45) is 5.92 Å². The van der Waals surface area contributed by atoms with E-state index in [1.165, 1.54) is 9.87 Å². The van der Waals surface area contributed by atoms with Gasteiger partial charge in [0.1, 0.15) is 5.25 Å². The van der Waals surface area contributed by atoms with Crippen LogP contribution in [0.1, 0.15) is 56.7 Å². The van der Waals surface area contributed by atoms with Crippen LogP contribution in [0.3, 0.4) is 0 Å². The number of rotatable bonds is 6. The Hall–Kier alpha value is -1.48. The number of hydroxylamine groups is 2. The maximum absolute atomic E-state index is 13.5. The van der Waals surface area contributed by atoms with E-state index in [4.69, 9.17) is 9.57 Å². The summed E-state index contributed by atoms with van der Waals surface area (Å²) in [6, 6.07) is 7.70. The van der Waals surface area contributed by atoms with Gasteiger partial charge in [-0.1, -0.05) is 38.1 Å². The Morgan fingerprint density at radius 1 is 1.28 bits per heavy atom. The van der Waals surface area contributed by atoms with Crippen LogP contribution < -0.4 is 0 Å². The van der Waals surface area contributed by atoms with Gasteiger partial charge in [-0.2, -0.15) is 5.06 Å². The zero-order valence-electron chi connectivity index (χ0n) is 17.7. The first-order valence-electron chi connectivity index (χ1n) is 10.4. The highest BCUT2D eigenvalue weighted by Gasteiger charge is 2.47. The first-order chi connectivity index (χ1) is 13.8.